The van der Waals surface area contributed by atoms with Crippen molar-refractivity contribution < 1.29 is 15.3 Å². The first-order valence-electron chi connectivity index (χ1n) is 1.92. The molecule has 0 heterocycles. The highest BCUT2D eigenvalue weighted by Crippen LogP contribution is 1.81. The molecule has 0 aromatic heterocycles. The Morgan fingerprint density at radius 3 is 1.71 bits per heavy atom. The van der Waals surface area contributed by atoms with E-state index in [2.05, 4.69) is 0 Å². The molecule has 7 heavy (non-hydrogen) atoms. The van der Waals surface area contributed by atoms with E-state index in [1.165, 1.54) is 0 Å². The Morgan fingerprint density at radius 1 is 1.29 bits per heavy atom. The minimum atomic E-state index is -1.70. The molecule has 5 N–H and O–H groups in total. The van der Waals surface area contributed by atoms with Gasteiger partial charge >= 0.3 is 0 Å². The molecule has 0 aromatic carbocycles. The van der Waals surface area contributed by atoms with Crippen molar-refractivity contribution in [1.82, 2.24) is 0 Å². The Morgan fingerprint density at radius 2 is 1.71 bits per heavy atom. The maximum Gasteiger partial charge on any atom is 0.179 e. The average Bonchev–Trinajstić information content (AvgIpc) is 1.65. The Bertz CT molecular complexity index is 47.4. The third-order valence-electron chi connectivity index (χ3n) is 0.586. The van der Waals surface area contributed by atoms with Gasteiger partial charge < -0.3 is 21.1 Å². The van der Waals surface area contributed by atoms with Gasteiger partial charge in [-0.1, -0.05) is 0 Å². The molecule has 1 unspecified atom stereocenters. The highest BCUT2D eigenvalue weighted by molar-refractivity contribution is 4.54. The van der Waals surface area contributed by atoms with Crippen LogP contribution < -0.4 is 5.73 Å². The molecule has 0 fully saturated rings. The van der Waals surface area contributed by atoms with Crippen LogP contribution in [0, 0.1) is 0 Å². The number of rotatable bonds is 2. The molecule has 0 radical (unpaired) electrons. The number of hydrogen-bond donors (Lipinski definition) is 4. The van der Waals surface area contributed by atoms with Gasteiger partial charge in [0.15, 0.2) is 6.29 Å². The van der Waals surface area contributed by atoms with Crippen molar-refractivity contribution in [3.63, 3.8) is 0 Å². The molecular weight excluding hydrogens is 98.0 g/mol. The second-order valence-corrected chi connectivity index (χ2v) is 1.22. The lowest BCUT2D eigenvalue weighted by atomic mass is 10.3. The van der Waals surface area contributed by atoms with Crippen LogP contribution >= 0.6 is 0 Å². The molecule has 0 rings (SSSR count). The van der Waals surface area contributed by atoms with Crippen LogP contribution in [-0.2, 0) is 0 Å². The predicted molar refractivity (Wildman–Crippen MR) is 23.3 cm³/mol. The van der Waals surface area contributed by atoms with Crippen LogP contribution in [0.3, 0.4) is 0 Å². The zero-order chi connectivity index (χ0) is 5.86. The summed E-state index contributed by atoms with van der Waals surface area (Å²) in [4.78, 5) is 0. The molecule has 4 heteroatoms. The lowest BCUT2D eigenvalue weighted by molar-refractivity contribution is -0.117. The van der Waals surface area contributed by atoms with E-state index in [1.54, 1.807) is 0 Å². The lowest BCUT2D eigenvalue weighted by Crippen LogP contribution is -2.32. The molecule has 0 saturated heterocycles. The Kier molecular flexibility index (Phi) is 2.86. The molecule has 1 atom stereocenters. The fraction of sp³-hybridized carbons (Fsp3) is 1.00. The summed E-state index contributed by atoms with van der Waals surface area (Å²) in [6.07, 6.45) is -2.91. The lowest BCUT2D eigenvalue weighted by Gasteiger charge is -2.07. The minimum absolute atomic E-state index is 0.127. The molecule has 44 valence electrons. The van der Waals surface area contributed by atoms with Crippen LogP contribution in [0.1, 0.15) is 0 Å². The normalized spacial score (nSPS) is 15.0. The van der Waals surface area contributed by atoms with Gasteiger partial charge in [-0.15, -0.1) is 0 Å². The van der Waals surface area contributed by atoms with Crippen LogP contribution in [0.15, 0.2) is 0 Å². The maximum atomic E-state index is 8.31. The van der Waals surface area contributed by atoms with E-state index >= 15 is 0 Å². The molecule has 0 bridgehead atoms. The van der Waals surface area contributed by atoms with E-state index in [-0.39, 0.29) is 6.54 Å². The van der Waals surface area contributed by atoms with E-state index in [9.17, 15) is 0 Å². The van der Waals surface area contributed by atoms with E-state index in [0.717, 1.165) is 0 Å². The van der Waals surface area contributed by atoms with E-state index in [1.807, 2.05) is 0 Å². The van der Waals surface area contributed by atoms with Crippen molar-refractivity contribution in [1.29, 1.82) is 0 Å². The summed E-state index contributed by atoms with van der Waals surface area (Å²) < 4.78 is 0. The average molecular weight is 107 g/mol. The molecular formula is C3H9NO3. The van der Waals surface area contributed by atoms with E-state index < -0.39 is 12.4 Å². The van der Waals surface area contributed by atoms with Crippen LogP contribution in [0.4, 0.5) is 0 Å². The van der Waals surface area contributed by atoms with Gasteiger partial charge in [0.25, 0.3) is 0 Å². The summed E-state index contributed by atoms with van der Waals surface area (Å²) in [6.45, 7) is -0.127. The molecule has 0 saturated carbocycles. The summed E-state index contributed by atoms with van der Waals surface area (Å²) in [7, 11) is 0. The van der Waals surface area contributed by atoms with Gasteiger partial charge in [-0.05, 0) is 0 Å². The summed E-state index contributed by atoms with van der Waals surface area (Å²) >= 11 is 0. The summed E-state index contributed by atoms with van der Waals surface area (Å²) in [5.41, 5.74) is 4.80. The third kappa shape index (κ3) is 2.52. The predicted octanol–water partition coefficient (Wildman–Crippen LogP) is -2.38. The van der Waals surface area contributed by atoms with E-state index in [4.69, 9.17) is 21.1 Å². The SMILES string of the molecule is NCC(O)C(O)O. The molecule has 0 aliphatic rings. The van der Waals surface area contributed by atoms with Crippen molar-refractivity contribution >= 4 is 0 Å². The van der Waals surface area contributed by atoms with Gasteiger partial charge in [0.1, 0.15) is 6.10 Å². The second kappa shape index (κ2) is 2.92. The number of hydrogen-bond acceptors (Lipinski definition) is 4. The fourth-order valence-corrected chi connectivity index (χ4v) is 0.122. The molecule has 0 aliphatic heterocycles. The number of nitrogens with two attached hydrogens (primary N) is 1. The minimum Gasteiger partial charge on any atom is -0.387 e. The van der Waals surface area contributed by atoms with Gasteiger partial charge in [0.2, 0.25) is 0 Å². The Hall–Kier alpha value is -0.160. The van der Waals surface area contributed by atoms with Crippen molar-refractivity contribution in [3.8, 4) is 0 Å². The largest absolute Gasteiger partial charge is 0.387 e. The van der Waals surface area contributed by atoms with Gasteiger partial charge in [-0.25, -0.2) is 0 Å². The first-order chi connectivity index (χ1) is 3.18. The van der Waals surface area contributed by atoms with Gasteiger partial charge in [-0.2, -0.15) is 0 Å². The summed E-state index contributed by atoms with van der Waals surface area (Å²) in [5.74, 6) is 0. The summed E-state index contributed by atoms with van der Waals surface area (Å²) in [5, 5.41) is 24.4. The van der Waals surface area contributed by atoms with Crippen molar-refractivity contribution in [2.24, 2.45) is 5.73 Å². The molecule has 0 amide bonds. The third-order valence-corrected chi connectivity index (χ3v) is 0.586. The van der Waals surface area contributed by atoms with Crippen LogP contribution in [-0.4, -0.2) is 34.3 Å². The van der Waals surface area contributed by atoms with Gasteiger partial charge in [-0.3, -0.25) is 0 Å². The zero-order valence-corrected chi connectivity index (χ0v) is 3.78. The van der Waals surface area contributed by atoms with Crippen molar-refractivity contribution in [2.45, 2.75) is 12.4 Å². The monoisotopic (exact) mass is 107 g/mol. The first-order valence-corrected chi connectivity index (χ1v) is 1.92. The molecule has 0 aliphatic carbocycles. The zero-order valence-electron chi connectivity index (χ0n) is 3.78. The van der Waals surface area contributed by atoms with Crippen molar-refractivity contribution in [2.75, 3.05) is 6.54 Å². The van der Waals surface area contributed by atoms with E-state index in [0.29, 0.717) is 0 Å². The fourth-order valence-electron chi connectivity index (χ4n) is 0.122. The standard InChI is InChI=1S/C3H9NO3/c4-1-2(5)3(6)7/h2-3,5-7H,1,4H2. The van der Waals surface area contributed by atoms with Crippen molar-refractivity contribution in [3.05, 3.63) is 0 Å². The Balaban J connectivity index is 3.14. The number of aliphatic hydroxyl groups is 3. The smallest absolute Gasteiger partial charge is 0.179 e. The van der Waals surface area contributed by atoms with Crippen LogP contribution in [0.25, 0.3) is 0 Å². The highest BCUT2D eigenvalue weighted by Gasteiger charge is 2.07. The highest BCUT2D eigenvalue weighted by atomic mass is 16.5. The first kappa shape index (κ1) is 6.84. The maximum absolute atomic E-state index is 8.31. The summed E-state index contributed by atoms with van der Waals surface area (Å²) in [6, 6.07) is 0. The molecule has 4 nitrogen and oxygen atoms in total. The van der Waals surface area contributed by atoms with Crippen LogP contribution in [0.5, 0.6) is 0 Å². The topological polar surface area (TPSA) is 86.7 Å². The second-order valence-electron chi connectivity index (χ2n) is 1.22. The van der Waals surface area contributed by atoms with Gasteiger partial charge in [0, 0.05) is 6.54 Å². The van der Waals surface area contributed by atoms with Gasteiger partial charge in [0.05, 0.1) is 0 Å². The molecule has 0 spiro atoms. The Labute approximate surface area is 41.2 Å². The number of aliphatic hydroxyl groups excluding tert-OH is 2. The molecule has 0 aromatic rings. The quantitative estimate of drug-likeness (QED) is 0.297. The van der Waals surface area contributed by atoms with Crippen LogP contribution in [0.2, 0.25) is 0 Å².